The van der Waals surface area contributed by atoms with Crippen LogP contribution in [0.15, 0.2) is 30.5 Å². The number of nitrogens with zero attached hydrogens (tertiary/aromatic N) is 2. The van der Waals surface area contributed by atoms with Crippen LogP contribution in [-0.2, 0) is 17.4 Å². The number of hydrogen-bond donors (Lipinski definition) is 2. The van der Waals surface area contributed by atoms with Gasteiger partial charge in [-0.3, -0.25) is 0 Å². The van der Waals surface area contributed by atoms with Crippen LogP contribution in [-0.4, -0.2) is 30.4 Å². The second-order valence-electron chi connectivity index (χ2n) is 10.1. The van der Waals surface area contributed by atoms with Gasteiger partial charge in [0.25, 0.3) is 0 Å². The first kappa shape index (κ1) is 24.0. The lowest BCUT2D eigenvalue weighted by atomic mass is 10.1. The Balaban J connectivity index is 1.62. The van der Waals surface area contributed by atoms with Crippen LogP contribution in [0.3, 0.4) is 0 Å². The highest BCUT2D eigenvalue weighted by molar-refractivity contribution is 6.74. The topological polar surface area (TPSA) is 59.1 Å². The van der Waals surface area contributed by atoms with E-state index >= 15 is 0 Å². The normalized spacial score (nSPS) is 19.5. The van der Waals surface area contributed by atoms with Crippen LogP contribution >= 0.6 is 11.6 Å². The molecule has 0 saturated heterocycles. The smallest absolute Gasteiger partial charge is 0.224 e. The van der Waals surface area contributed by atoms with E-state index in [9.17, 15) is 0 Å². The Bertz CT molecular complexity index is 867. The average Bonchev–Trinajstić information content (AvgIpc) is 3.13. The zero-order valence-corrected chi connectivity index (χ0v) is 21.5. The van der Waals surface area contributed by atoms with Crippen molar-refractivity contribution in [3.63, 3.8) is 0 Å². The highest BCUT2D eigenvalue weighted by Crippen LogP contribution is 2.39. The van der Waals surface area contributed by atoms with Gasteiger partial charge in [-0.05, 0) is 73.1 Å². The summed E-state index contributed by atoms with van der Waals surface area (Å²) in [7, 11) is -1.75. The Hall–Kier alpha value is -1.63. The van der Waals surface area contributed by atoms with Crippen LogP contribution in [0.1, 0.15) is 58.1 Å². The summed E-state index contributed by atoms with van der Waals surface area (Å²) in [6, 6.07) is 8.87. The molecule has 170 valence electrons. The van der Waals surface area contributed by atoms with Gasteiger partial charge in [0.15, 0.2) is 8.32 Å². The van der Waals surface area contributed by atoms with Gasteiger partial charge in [-0.1, -0.05) is 39.8 Å². The molecule has 1 aliphatic carbocycles. The van der Waals surface area contributed by atoms with Crippen LogP contribution in [0.2, 0.25) is 23.4 Å². The standard InChI is InChI=1S/C24H37ClN4OSi/c1-7-17-8-10-19(11-9-17)26-15-18-16-27-23(25)29-22(18)28-20-12-13-21(14-20)30-31(5,6)24(2,3)4/h8-11,16,20-21,26H,7,12-15H2,1-6H3,(H,27,28,29)/t20-,21-/m1/s1. The Morgan fingerprint density at radius 3 is 2.52 bits per heavy atom. The first-order valence-electron chi connectivity index (χ1n) is 11.4. The molecule has 0 amide bonds. The van der Waals surface area contributed by atoms with Gasteiger partial charge < -0.3 is 15.1 Å². The molecule has 1 aromatic carbocycles. The number of rotatable bonds is 8. The van der Waals surface area contributed by atoms with Gasteiger partial charge in [0.1, 0.15) is 5.82 Å². The molecule has 7 heteroatoms. The Labute approximate surface area is 193 Å². The summed E-state index contributed by atoms with van der Waals surface area (Å²) >= 11 is 6.12. The van der Waals surface area contributed by atoms with Crippen molar-refractivity contribution >= 4 is 31.4 Å². The molecular weight excluding hydrogens is 424 g/mol. The van der Waals surface area contributed by atoms with Crippen molar-refractivity contribution in [3.8, 4) is 0 Å². The molecule has 0 radical (unpaired) electrons. The van der Waals surface area contributed by atoms with E-state index in [0.717, 1.165) is 42.8 Å². The molecular formula is C24H37ClN4OSi. The highest BCUT2D eigenvalue weighted by atomic mass is 35.5. The fourth-order valence-electron chi connectivity index (χ4n) is 3.66. The summed E-state index contributed by atoms with van der Waals surface area (Å²) in [6.45, 7) is 14.3. The van der Waals surface area contributed by atoms with Gasteiger partial charge in [0.2, 0.25) is 5.28 Å². The van der Waals surface area contributed by atoms with Crippen molar-refractivity contribution in [2.45, 2.75) is 90.2 Å². The maximum atomic E-state index is 6.64. The summed E-state index contributed by atoms with van der Waals surface area (Å²) < 4.78 is 6.64. The molecule has 1 aliphatic rings. The van der Waals surface area contributed by atoms with E-state index in [1.807, 2.05) is 6.20 Å². The monoisotopic (exact) mass is 460 g/mol. The molecule has 1 saturated carbocycles. The number of benzene rings is 1. The van der Waals surface area contributed by atoms with Gasteiger partial charge in [0.05, 0.1) is 0 Å². The quantitative estimate of drug-likeness (QED) is 0.340. The third-order valence-corrected chi connectivity index (χ3v) is 11.4. The van der Waals surface area contributed by atoms with Crippen LogP contribution in [0.4, 0.5) is 11.5 Å². The third kappa shape index (κ3) is 6.43. The molecule has 0 unspecified atom stereocenters. The molecule has 0 aliphatic heterocycles. The van der Waals surface area contributed by atoms with Crippen LogP contribution in [0.5, 0.6) is 0 Å². The third-order valence-electron chi connectivity index (χ3n) is 6.67. The lowest BCUT2D eigenvalue weighted by Gasteiger charge is -2.38. The van der Waals surface area contributed by atoms with Crippen molar-refractivity contribution in [2.24, 2.45) is 0 Å². The Morgan fingerprint density at radius 1 is 1.16 bits per heavy atom. The molecule has 1 aromatic heterocycles. The lowest BCUT2D eigenvalue weighted by Crippen LogP contribution is -2.43. The summed E-state index contributed by atoms with van der Waals surface area (Å²) in [4.78, 5) is 8.69. The van der Waals surface area contributed by atoms with Crippen LogP contribution in [0.25, 0.3) is 0 Å². The van der Waals surface area contributed by atoms with Crippen molar-refractivity contribution in [1.82, 2.24) is 9.97 Å². The number of anilines is 2. The molecule has 3 rings (SSSR count). The van der Waals surface area contributed by atoms with E-state index in [0.29, 0.717) is 18.7 Å². The van der Waals surface area contributed by atoms with E-state index in [-0.39, 0.29) is 10.3 Å². The van der Waals surface area contributed by atoms with Crippen molar-refractivity contribution in [2.75, 3.05) is 10.6 Å². The molecule has 0 bridgehead atoms. The summed E-state index contributed by atoms with van der Waals surface area (Å²) in [5.74, 6) is 0.815. The first-order valence-corrected chi connectivity index (χ1v) is 14.6. The summed E-state index contributed by atoms with van der Waals surface area (Å²) in [5.41, 5.74) is 3.43. The molecule has 5 nitrogen and oxygen atoms in total. The zero-order valence-electron chi connectivity index (χ0n) is 19.8. The Morgan fingerprint density at radius 2 is 1.87 bits per heavy atom. The molecule has 2 aromatic rings. The number of nitrogens with one attached hydrogen (secondary N) is 2. The van der Waals surface area contributed by atoms with Gasteiger partial charge in [0, 0.05) is 36.1 Å². The molecule has 31 heavy (non-hydrogen) atoms. The minimum absolute atomic E-state index is 0.229. The minimum Gasteiger partial charge on any atom is -0.414 e. The second-order valence-corrected chi connectivity index (χ2v) is 15.2. The number of hydrogen-bond acceptors (Lipinski definition) is 5. The fourth-order valence-corrected chi connectivity index (χ4v) is 5.19. The predicted octanol–water partition coefficient (Wildman–Crippen LogP) is 6.66. The minimum atomic E-state index is -1.75. The lowest BCUT2D eigenvalue weighted by molar-refractivity contribution is 0.187. The molecule has 0 spiro atoms. The van der Waals surface area contributed by atoms with Crippen LogP contribution < -0.4 is 10.6 Å². The highest BCUT2D eigenvalue weighted by Gasteiger charge is 2.40. The van der Waals surface area contributed by atoms with Crippen molar-refractivity contribution < 1.29 is 4.43 Å². The maximum Gasteiger partial charge on any atom is 0.224 e. The van der Waals surface area contributed by atoms with Crippen molar-refractivity contribution in [1.29, 1.82) is 0 Å². The largest absolute Gasteiger partial charge is 0.414 e. The Kier molecular flexibility index (Phi) is 7.66. The van der Waals surface area contributed by atoms with E-state index in [1.165, 1.54) is 5.56 Å². The fraction of sp³-hybridized carbons (Fsp3) is 0.583. The molecule has 2 N–H and O–H groups in total. The second kappa shape index (κ2) is 9.88. The van der Waals surface area contributed by atoms with E-state index in [2.05, 4.69) is 85.7 Å². The van der Waals surface area contributed by atoms with Gasteiger partial charge in [-0.2, -0.15) is 0 Å². The first-order chi connectivity index (χ1) is 14.6. The maximum absolute atomic E-state index is 6.64. The SMILES string of the molecule is CCc1ccc(NCc2cnc(Cl)nc2N[C@@H]2CC[C@@H](O[Si](C)(C)C(C)(C)C)C2)cc1. The predicted molar refractivity (Wildman–Crippen MR) is 134 cm³/mol. The number of halogens is 1. The molecule has 1 fully saturated rings. The summed E-state index contributed by atoms with van der Waals surface area (Å²) in [6.07, 6.45) is 6.32. The van der Waals surface area contributed by atoms with E-state index in [4.69, 9.17) is 16.0 Å². The molecule has 1 heterocycles. The summed E-state index contributed by atoms with van der Waals surface area (Å²) in [5, 5.41) is 7.59. The number of aromatic nitrogens is 2. The van der Waals surface area contributed by atoms with E-state index < -0.39 is 8.32 Å². The zero-order chi connectivity index (χ0) is 22.6. The van der Waals surface area contributed by atoms with Gasteiger partial charge >= 0.3 is 0 Å². The average molecular weight is 461 g/mol. The van der Waals surface area contributed by atoms with Crippen LogP contribution in [0, 0.1) is 0 Å². The number of aryl methyl sites for hydroxylation is 1. The van der Waals surface area contributed by atoms with E-state index in [1.54, 1.807) is 0 Å². The van der Waals surface area contributed by atoms with Gasteiger partial charge in [-0.15, -0.1) is 0 Å². The molecule has 2 atom stereocenters. The van der Waals surface area contributed by atoms with Crippen molar-refractivity contribution in [3.05, 3.63) is 46.9 Å². The van der Waals surface area contributed by atoms with Gasteiger partial charge in [-0.25, -0.2) is 9.97 Å².